The summed E-state index contributed by atoms with van der Waals surface area (Å²) in [7, 11) is 0. The zero-order valence-corrected chi connectivity index (χ0v) is 11.3. The summed E-state index contributed by atoms with van der Waals surface area (Å²) in [5.74, 6) is -0.523. The first kappa shape index (κ1) is 13.6. The first-order valence-electron chi connectivity index (χ1n) is 6.55. The average Bonchev–Trinajstić information content (AvgIpc) is 2.32. The molecule has 1 heterocycles. The molecule has 1 aliphatic rings. The lowest BCUT2D eigenvalue weighted by molar-refractivity contribution is 0.100. The highest BCUT2D eigenvalue weighted by molar-refractivity contribution is 5.99. The minimum atomic E-state index is -0.628. The van der Waals surface area contributed by atoms with Crippen LogP contribution in [-0.2, 0) is 0 Å². The molecule has 1 aliphatic heterocycles. The topological polar surface area (TPSA) is 72.3 Å². The smallest absolute Gasteiger partial charge is 0.250 e. The van der Waals surface area contributed by atoms with Crippen molar-refractivity contribution in [3.05, 3.63) is 23.5 Å². The van der Waals surface area contributed by atoms with Crippen LogP contribution in [0.5, 0.6) is 0 Å². The molecular formula is C14H20FN3O. The highest BCUT2D eigenvalue weighted by Gasteiger charge is 2.26. The molecule has 0 saturated carbocycles. The summed E-state index contributed by atoms with van der Waals surface area (Å²) in [6, 6.07) is 2.90. The molecule has 0 radical (unpaired) electrons. The molecule has 2 rings (SSSR count). The molecule has 4 N–H and O–H groups in total. The number of carbonyl (C=O) groups excluding carboxylic acids is 1. The molecular weight excluding hydrogens is 245 g/mol. The number of piperidine rings is 1. The summed E-state index contributed by atoms with van der Waals surface area (Å²) in [6.07, 6.45) is 2.15. The average molecular weight is 265 g/mol. The summed E-state index contributed by atoms with van der Waals surface area (Å²) < 4.78 is 14.1. The largest absolute Gasteiger partial charge is 0.398 e. The number of carbonyl (C=O) groups is 1. The number of amides is 1. The van der Waals surface area contributed by atoms with E-state index in [-0.39, 0.29) is 17.3 Å². The zero-order chi connectivity index (χ0) is 14.2. The van der Waals surface area contributed by atoms with Crippen LogP contribution in [0.25, 0.3) is 0 Å². The quantitative estimate of drug-likeness (QED) is 0.805. The van der Waals surface area contributed by atoms with Gasteiger partial charge in [-0.2, -0.15) is 0 Å². The van der Waals surface area contributed by atoms with Gasteiger partial charge in [0.25, 0.3) is 5.91 Å². The summed E-state index contributed by atoms with van der Waals surface area (Å²) in [5, 5.41) is 0. The van der Waals surface area contributed by atoms with E-state index in [1.54, 1.807) is 0 Å². The normalized spacial score (nSPS) is 23.4. The van der Waals surface area contributed by atoms with E-state index in [1.165, 1.54) is 12.1 Å². The van der Waals surface area contributed by atoms with Crippen LogP contribution in [-0.4, -0.2) is 18.5 Å². The fourth-order valence-corrected chi connectivity index (χ4v) is 2.64. The van der Waals surface area contributed by atoms with Gasteiger partial charge in [-0.1, -0.05) is 6.92 Å². The Labute approximate surface area is 112 Å². The van der Waals surface area contributed by atoms with E-state index < -0.39 is 11.7 Å². The minimum absolute atomic E-state index is 0.0893. The van der Waals surface area contributed by atoms with Gasteiger partial charge in [-0.3, -0.25) is 4.79 Å². The van der Waals surface area contributed by atoms with Crippen molar-refractivity contribution in [1.29, 1.82) is 0 Å². The number of primary amides is 1. The second-order valence-corrected chi connectivity index (χ2v) is 5.44. The van der Waals surface area contributed by atoms with Crippen LogP contribution >= 0.6 is 0 Å². The summed E-state index contributed by atoms with van der Waals surface area (Å²) in [4.78, 5) is 13.3. The van der Waals surface area contributed by atoms with Crippen LogP contribution in [0.2, 0.25) is 0 Å². The van der Waals surface area contributed by atoms with Crippen molar-refractivity contribution in [2.45, 2.75) is 32.7 Å². The number of hydrogen-bond donors (Lipinski definition) is 2. The molecule has 104 valence electrons. The van der Waals surface area contributed by atoms with E-state index >= 15 is 0 Å². The van der Waals surface area contributed by atoms with Crippen molar-refractivity contribution in [2.24, 2.45) is 11.7 Å². The lowest BCUT2D eigenvalue weighted by atomic mass is 9.94. The molecule has 4 nitrogen and oxygen atoms in total. The van der Waals surface area contributed by atoms with E-state index in [0.717, 1.165) is 19.4 Å². The molecule has 1 aromatic carbocycles. The number of anilines is 2. The highest BCUT2D eigenvalue weighted by Crippen LogP contribution is 2.31. The van der Waals surface area contributed by atoms with Gasteiger partial charge in [0.1, 0.15) is 5.82 Å². The summed E-state index contributed by atoms with van der Waals surface area (Å²) >= 11 is 0. The van der Waals surface area contributed by atoms with Gasteiger partial charge in [-0.15, -0.1) is 0 Å². The van der Waals surface area contributed by atoms with Gasteiger partial charge in [0.2, 0.25) is 0 Å². The van der Waals surface area contributed by atoms with E-state index in [2.05, 4.69) is 13.8 Å². The fourth-order valence-electron chi connectivity index (χ4n) is 2.64. The van der Waals surface area contributed by atoms with Crippen LogP contribution in [0.4, 0.5) is 15.8 Å². The molecule has 0 spiro atoms. The Morgan fingerprint density at radius 2 is 2.05 bits per heavy atom. The third-order valence-electron chi connectivity index (χ3n) is 3.81. The number of nitrogens with two attached hydrogens (primary N) is 2. The molecule has 2 unspecified atom stereocenters. The van der Waals surface area contributed by atoms with Crippen molar-refractivity contribution >= 4 is 17.3 Å². The first-order valence-corrected chi connectivity index (χ1v) is 6.55. The Hall–Kier alpha value is -1.78. The third kappa shape index (κ3) is 2.64. The third-order valence-corrected chi connectivity index (χ3v) is 3.81. The minimum Gasteiger partial charge on any atom is -0.398 e. The van der Waals surface area contributed by atoms with Crippen LogP contribution in [0.1, 0.15) is 37.0 Å². The Morgan fingerprint density at radius 3 is 2.68 bits per heavy atom. The van der Waals surface area contributed by atoms with Crippen LogP contribution in [0.3, 0.4) is 0 Å². The van der Waals surface area contributed by atoms with E-state index in [9.17, 15) is 9.18 Å². The maximum absolute atomic E-state index is 14.1. The lowest BCUT2D eigenvalue weighted by Crippen LogP contribution is -2.41. The van der Waals surface area contributed by atoms with Crippen LogP contribution in [0.15, 0.2) is 12.1 Å². The first-order chi connectivity index (χ1) is 8.90. The van der Waals surface area contributed by atoms with E-state index in [0.29, 0.717) is 11.6 Å². The molecule has 1 amide bonds. The monoisotopic (exact) mass is 265 g/mol. The Bertz CT molecular complexity index is 504. The molecule has 1 fully saturated rings. The molecule has 1 aromatic rings. The Kier molecular flexibility index (Phi) is 3.64. The van der Waals surface area contributed by atoms with Gasteiger partial charge in [-0.05, 0) is 37.8 Å². The Morgan fingerprint density at radius 1 is 1.37 bits per heavy atom. The standard InChI is InChI=1S/C14H20FN3O/c1-8-3-4-9(2)18(7-8)13-5-10(14(17)19)12(16)6-11(13)15/h5-6,8-9H,3-4,7,16H2,1-2H3,(H2,17,19). The highest BCUT2D eigenvalue weighted by atomic mass is 19.1. The predicted molar refractivity (Wildman–Crippen MR) is 74.5 cm³/mol. The van der Waals surface area contributed by atoms with Crippen molar-refractivity contribution < 1.29 is 9.18 Å². The number of benzene rings is 1. The van der Waals surface area contributed by atoms with Crippen molar-refractivity contribution in [1.82, 2.24) is 0 Å². The SMILES string of the molecule is CC1CCC(C)N(c2cc(C(N)=O)c(N)cc2F)C1. The van der Waals surface area contributed by atoms with Gasteiger partial charge in [-0.25, -0.2) is 4.39 Å². The molecule has 0 bridgehead atoms. The number of nitrogen functional groups attached to an aromatic ring is 1. The van der Waals surface area contributed by atoms with Crippen molar-refractivity contribution in [3.63, 3.8) is 0 Å². The zero-order valence-electron chi connectivity index (χ0n) is 11.3. The molecule has 1 saturated heterocycles. The molecule has 2 atom stereocenters. The maximum atomic E-state index is 14.1. The van der Waals surface area contributed by atoms with Gasteiger partial charge in [0.05, 0.1) is 11.3 Å². The molecule has 0 aliphatic carbocycles. The molecule has 0 aromatic heterocycles. The molecule has 19 heavy (non-hydrogen) atoms. The van der Waals surface area contributed by atoms with Crippen molar-refractivity contribution in [3.8, 4) is 0 Å². The second-order valence-electron chi connectivity index (χ2n) is 5.44. The van der Waals surface area contributed by atoms with Gasteiger partial charge < -0.3 is 16.4 Å². The number of rotatable bonds is 2. The van der Waals surface area contributed by atoms with E-state index in [1.807, 2.05) is 4.90 Å². The Balaban J connectivity index is 2.43. The summed E-state index contributed by atoms with van der Waals surface area (Å²) in [5.41, 5.74) is 11.6. The number of nitrogens with zero attached hydrogens (tertiary/aromatic N) is 1. The summed E-state index contributed by atoms with van der Waals surface area (Å²) in [6.45, 7) is 4.98. The van der Waals surface area contributed by atoms with Crippen LogP contribution < -0.4 is 16.4 Å². The second kappa shape index (κ2) is 5.07. The van der Waals surface area contributed by atoms with Gasteiger partial charge >= 0.3 is 0 Å². The number of halogens is 1. The van der Waals surface area contributed by atoms with Gasteiger partial charge in [0.15, 0.2) is 0 Å². The fraction of sp³-hybridized carbons (Fsp3) is 0.500. The number of hydrogen-bond acceptors (Lipinski definition) is 3. The van der Waals surface area contributed by atoms with Crippen LogP contribution in [0, 0.1) is 11.7 Å². The lowest BCUT2D eigenvalue weighted by Gasteiger charge is -2.39. The maximum Gasteiger partial charge on any atom is 0.250 e. The predicted octanol–water partition coefficient (Wildman–Crippen LogP) is 2.13. The van der Waals surface area contributed by atoms with Crippen molar-refractivity contribution in [2.75, 3.05) is 17.2 Å². The van der Waals surface area contributed by atoms with Gasteiger partial charge in [0, 0.05) is 18.3 Å². The molecule has 5 heteroatoms. The van der Waals surface area contributed by atoms with E-state index in [4.69, 9.17) is 11.5 Å².